The Hall–Kier alpha value is -1.82. The first-order valence-electron chi connectivity index (χ1n) is 8.74. The third-order valence-corrected chi connectivity index (χ3v) is 5.57. The molecule has 1 fully saturated rings. The van der Waals surface area contributed by atoms with E-state index in [4.69, 9.17) is 5.10 Å². The molecule has 1 N–H and O–H groups in total. The second kappa shape index (κ2) is 8.33. The minimum absolute atomic E-state index is 0.603. The first kappa shape index (κ1) is 17.0. The normalized spacial score (nSPS) is 15.8. The van der Waals surface area contributed by atoms with Crippen LogP contribution in [-0.4, -0.2) is 41.3 Å². The summed E-state index contributed by atoms with van der Waals surface area (Å²) >= 11 is 1.81. The van der Waals surface area contributed by atoms with Gasteiger partial charge in [-0.2, -0.15) is 5.10 Å². The van der Waals surface area contributed by atoms with Gasteiger partial charge in [-0.05, 0) is 36.8 Å². The Kier molecular flexibility index (Phi) is 5.91. The van der Waals surface area contributed by atoms with E-state index in [0.717, 1.165) is 31.2 Å². The Labute approximate surface area is 148 Å². The zero-order valence-electron chi connectivity index (χ0n) is 14.6. The average Bonchev–Trinajstić information content (AvgIpc) is 3.33. The molecule has 24 heavy (non-hydrogen) atoms. The smallest absolute Gasteiger partial charge is 0.193 e. The molecule has 0 bridgehead atoms. The molecule has 0 amide bonds. The van der Waals surface area contributed by atoms with E-state index in [0.29, 0.717) is 6.04 Å². The van der Waals surface area contributed by atoms with Crippen LogP contribution in [0.15, 0.2) is 34.8 Å². The van der Waals surface area contributed by atoms with Crippen LogP contribution in [0, 0.1) is 0 Å². The van der Waals surface area contributed by atoms with Gasteiger partial charge in [-0.3, -0.25) is 9.67 Å². The first-order valence-corrected chi connectivity index (χ1v) is 9.62. The molecule has 3 rings (SSSR count). The predicted octanol–water partition coefficient (Wildman–Crippen LogP) is 3.31. The summed E-state index contributed by atoms with van der Waals surface area (Å²) in [6.07, 6.45) is 8.37. The lowest BCUT2D eigenvalue weighted by atomic mass is 10.3. The predicted molar refractivity (Wildman–Crippen MR) is 101 cm³/mol. The zero-order valence-corrected chi connectivity index (χ0v) is 15.4. The van der Waals surface area contributed by atoms with Crippen LogP contribution in [-0.2, 0) is 13.0 Å². The van der Waals surface area contributed by atoms with Gasteiger partial charge in [0.2, 0.25) is 0 Å². The van der Waals surface area contributed by atoms with Crippen LogP contribution in [0.4, 0.5) is 0 Å². The fraction of sp³-hybridized carbons (Fsp3) is 0.556. The van der Waals surface area contributed by atoms with Crippen molar-refractivity contribution in [1.29, 1.82) is 0 Å². The highest BCUT2D eigenvalue weighted by Crippen LogP contribution is 2.28. The number of guanidine groups is 1. The van der Waals surface area contributed by atoms with Gasteiger partial charge in [0.05, 0.1) is 18.3 Å². The molecule has 0 aliphatic heterocycles. The number of hydrogen-bond donors (Lipinski definition) is 1. The Morgan fingerprint density at radius 2 is 2.25 bits per heavy atom. The molecule has 130 valence electrons. The Bertz CT molecular complexity index is 640. The van der Waals surface area contributed by atoms with Gasteiger partial charge >= 0.3 is 0 Å². The maximum Gasteiger partial charge on any atom is 0.193 e. The molecule has 0 radical (unpaired) electrons. The van der Waals surface area contributed by atoms with Crippen molar-refractivity contribution in [2.24, 2.45) is 4.99 Å². The monoisotopic (exact) mass is 345 g/mol. The fourth-order valence-corrected chi connectivity index (χ4v) is 3.94. The molecular weight excluding hydrogens is 318 g/mol. The molecule has 1 aliphatic carbocycles. The molecule has 2 heterocycles. The molecule has 0 spiro atoms. The van der Waals surface area contributed by atoms with E-state index in [1.807, 2.05) is 18.4 Å². The van der Waals surface area contributed by atoms with Crippen molar-refractivity contribution >= 4 is 17.3 Å². The summed E-state index contributed by atoms with van der Waals surface area (Å²) in [5, 5.41) is 10.3. The summed E-state index contributed by atoms with van der Waals surface area (Å²) in [7, 11) is 3.92. The molecule has 0 unspecified atom stereocenters. The van der Waals surface area contributed by atoms with E-state index in [9.17, 15) is 0 Å². The maximum absolute atomic E-state index is 4.73. The van der Waals surface area contributed by atoms with Crippen LogP contribution in [0.1, 0.15) is 42.3 Å². The molecule has 2 aromatic rings. The van der Waals surface area contributed by atoms with Crippen LogP contribution in [0.5, 0.6) is 0 Å². The highest BCUT2D eigenvalue weighted by atomic mass is 32.1. The van der Waals surface area contributed by atoms with Crippen molar-refractivity contribution in [2.45, 2.75) is 44.7 Å². The van der Waals surface area contributed by atoms with Crippen molar-refractivity contribution in [1.82, 2.24) is 20.0 Å². The number of aromatic nitrogens is 2. The largest absolute Gasteiger partial charge is 0.351 e. The molecule has 1 aliphatic rings. The molecule has 2 aromatic heterocycles. The van der Waals surface area contributed by atoms with Gasteiger partial charge in [0.15, 0.2) is 5.96 Å². The van der Waals surface area contributed by atoms with Crippen molar-refractivity contribution in [3.05, 3.63) is 40.3 Å². The summed E-state index contributed by atoms with van der Waals surface area (Å²) in [4.78, 5) is 7.97. The zero-order chi connectivity index (χ0) is 16.8. The molecule has 0 saturated heterocycles. The molecule has 0 atom stereocenters. The summed E-state index contributed by atoms with van der Waals surface area (Å²) in [6, 6.07) is 7.01. The standard InChI is InChI=1S/C18H27N5S/c1-19-18(22(2)11-10-17-8-5-13-24-17)20-14-15-9-12-23(21-15)16-6-3-4-7-16/h5,8-9,12-13,16H,3-4,6-7,10-11,14H2,1-2H3,(H,19,20). The van der Waals surface area contributed by atoms with Crippen molar-refractivity contribution < 1.29 is 0 Å². The summed E-state index contributed by atoms with van der Waals surface area (Å²) < 4.78 is 2.15. The van der Waals surface area contributed by atoms with E-state index < -0.39 is 0 Å². The van der Waals surface area contributed by atoms with Crippen LogP contribution >= 0.6 is 11.3 Å². The lowest BCUT2D eigenvalue weighted by Gasteiger charge is -2.21. The van der Waals surface area contributed by atoms with E-state index in [1.54, 1.807) is 0 Å². The molecule has 0 aromatic carbocycles. The highest BCUT2D eigenvalue weighted by molar-refractivity contribution is 7.09. The van der Waals surface area contributed by atoms with Gasteiger partial charge in [-0.1, -0.05) is 18.9 Å². The number of likely N-dealkylation sites (N-methyl/N-ethyl adjacent to an activating group) is 1. The number of thiophene rings is 1. The maximum atomic E-state index is 4.73. The Morgan fingerprint density at radius 1 is 1.42 bits per heavy atom. The van der Waals surface area contributed by atoms with E-state index in [2.05, 4.69) is 56.7 Å². The number of rotatable bonds is 6. The fourth-order valence-electron chi connectivity index (χ4n) is 3.24. The minimum Gasteiger partial charge on any atom is -0.351 e. The number of hydrogen-bond acceptors (Lipinski definition) is 3. The highest BCUT2D eigenvalue weighted by Gasteiger charge is 2.17. The minimum atomic E-state index is 0.603. The van der Waals surface area contributed by atoms with Crippen LogP contribution in [0.3, 0.4) is 0 Å². The van der Waals surface area contributed by atoms with Gasteiger partial charge in [-0.25, -0.2) is 0 Å². The van der Waals surface area contributed by atoms with Crippen LogP contribution < -0.4 is 5.32 Å². The molecule has 5 nitrogen and oxygen atoms in total. The SMILES string of the molecule is CN=C(NCc1ccn(C2CCCC2)n1)N(C)CCc1cccs1. The van der Waals surface area contributed by atoms with Gasteiger partial charge in [0.25, 0.3) is 0 Å². The topological polar surface area (TPSA) is 45.5 Å². The third kappa shape index (κ3) is 4.38. The lowest BCUT2D eigenvalue weighted by molar-refractivity contribution is 0.459. The number of nitrogens with one attached hydrogen (secondary N) is 1. The molecular formula is C18H27N5S. The molecule has 6 heteroatoms. The van der Waals surface area contributed by atoms with Gasteiger partial charge in [0.1, 0.15) is 0 Å². The second-order valence-corrected chi connectivity index (χ2v) is 7.41. The van der Waals surface area contributed by atoms with Crippen molar-refractivity contribution in [3.8, 4) is 0 Å². The number of nitrogens with zero attached hydrogens (tertiary/aromatic N) is 4. The van der Waals surface area contributed by atoms with Crippen LogP contribution in [0.25, 0.3) is 0 Å². The van der Waals surface area contributed by atoms with Crippen molar-refractivity contribution in [2.75, 3.05) is 20.6 Å². The lowest BCUT2D eigenvalue weighted by Crippen LogP contribution is -2.39. The summed E-state index contributed by atoms with van der Waals surface area (Å²) in [6.45, 7) is 1.67. The van der Waals surface area contributed by atoms with Gasteiger partial charge in [-0.15, -0.1) is 11.3 Å². The second-order valence-electron chi connectivity index (χ2n) is 6.38. The summed E-state index contributed by atoms with van der Waals surface area (Å²) in [5.74, 6) is 0.918. The summed E-state index contributed by atoms with van der Waals surface area (Å²) in [5.41, 5.74) is 1.08. The van der Waals surface area contributed by atoms with Gasteiger partial charge < -0.3 is 10.2 Å². The Balaban J connectivity index is 1.48. The average molecular weight is 346 g/mol. The van der Waals surface area contributed by atoms with E-state index in [-0.39, 0.29) is 0 Å². The Morgan fingerprint density at radius 3 is 2.96 bits per heavy atom. The molecule has 1 saturated carbocycles. The number of aliphatic imine (C=N–C) groups is 1. The first-order chi connectivity index (χ1) is 11.8. The van der Waals surface area contributed by atoms with Gasteiger partial charge in [0, 0.05) is 31.7 Å². The van der Waals surface area contributed by atoms with E-state index in [1.165, 1.54) is 30.6 Å². The third-order valence-electron chi connectivity index (χ3n) is 4.64. The van der Waals surface area contributed by atoms with Crippen molar-refractivity contribution in [3.63, 3.8) is 0 Å². The quantitative estimate of drug-likeness (QED) is 0.645. The van der Waals surface area contributed by atoms with Crippen LogP contribution in [0.2, 0.25) is 0 Å². The van der Waals surface area contributed by atoms with E-state index >= 15 is 0 Å².